The van der Waals surface area contributed by atoms with Gasteiger partial charge in [-0.25, -0.2) is 0 Å². The number of nitrogens with zero attached hydrogens (tertiary/aromatic N) is 2. The minimum Gasteiger partial charge on any atom is -0.338 e. The molecule has 5 heteroatoms. The number of hydrogen-bond acceptors (Lipinski definition) is 2. The second-order valence-corrected chi connectivity index (χ2v) is 6.78. The Hall–Kier alpha value is -2.33. The predicted octanol–water partition coefficient (Wildman–Crippen LogP) is 3.73. The molecule has 0 atom stereocenters. The van der Waals surface area contributed by atoms with E-state index < -0.39 is 0 Å². The summed E-state index contributed by atoms with van der Waals surface area (Å²) in [5.74, 6) is 0.156. The van der Waals surface area contributed by atoms with E-state index in [1.54, 1.807) is 11.9 Å². The third-order valence-corrected chi connectivity index (χ3v) is 4.83. The van der Waals surface area contributed by atoms with E-state index in [0.717, 1.165) is 24.1 Å². The zero-order valence-corrected chi connectivity index (χ0v) is 15.0. The van der Waals surface area contributed by atoms with Gasteiger partial charge in [-0.05, 0) is 35.7 Å². The first kappa shape index (κ1) is 17.5. The van der Waals surface area contributed by atoms with Crippen LogP contribution in [0.15, 0.2) is 48.5 Å². The van der Waals surface area contributed by atoms with Crippen LogP contribution in [0.4, 0.5) is 0 Å². The molecule has 1 aliphatic heterocycles. The fourth-order valence-electron chi connectivity index (χ4n) is 3.02. The van der Waals surface area contributed by atoms with Crippen LogP contribution >= 0.6 is 11.6 Å². The summed E-state index contributed by atoms with van der Waals surface area (Å²) in [7, 11) is 1.77. The summed E-state index contributed by atoms with van der Waals surface area (Å²) in [5.41, 5.74) is 2.59. The maximum Gasteiger partial charge on any atom is 0.253 e. The fraction of sp³-hybridized carbons (Fsp3) is 0.300. The van der Waals surface area contributed by atoms with E-state index in [0.29, 0.717) is 30.1 Å². The summed E-state index contributed by atoms with van der Waals surface area (Å²) in [6.45, 7) is 1.89. The van der Waals surface area contributed by atoms with Gasteiger partial charge in [-0.3, -0.25) is 9.59 Å². The number of rotatable bonds is 5. The molecular weight excluding hydrogens is 336 g/mol. The van der Waals surface area contributed by atoms with E-state index in [1.165, 1.54) is 0 Å². The molecule has 2 amide bonds. The number of carbonyl (C=O) groups is 2. The highest BCUT2D eigenvalue weighted by molar-refractivity contribution is 6.31. The molecule has 3 rings (SSSR count). The van der Waals surface area contributed by atoms with Crippen molar-refractivity contribution in [2.24, 2.45) is 0 Å². The van der Waals surface area contributed by atoms with Crippen molar-refractivity contribution in [1.82, 2.24) is 9.80 Å². The number of amides is 2. The van der Waals surface area contributed by atoms with Gasteiger partial charge in [0.25, 0.3) is 5.91 Å². The predicted molar refractivity (Wildman–Crippen MR) is 98.3 cm³/mol. The van der Waals surface area contributed by atoms with Crippen LogP contribution in [0.3, 0.4) is 0 Å². The molecule has 25 heavy (non-hydrogen) atoms. The summed E-state index contributed by atoms with van der Waals surface area (Å²) in [6.07, 6.45) is 1.58. The van der Waals surface area contributed by atoms with Gasteiger partial charge >= 0.3 is 0 Å². The molecule has 0 N–H and O–H groups in total. The van der Waals surface area contributed by atoms with Crippen LogP contribution in [0.2, 0.25) is 5.02 Å². The monoisotopic (exact) mass is 356 g/mol. The molecule has 1 fully saturated rings. The Morgan fingerprint density at radius 3 is 2.52 bits per heavy atom. The average Bonchev–Trinajstić information content (AvgIpc) is 3.02. The summed E-state index contributed by atoms with van der Waals surface area (Å²) in [4.78, 5) is 27.8. The lowest BCUT2D eigenvalue weighted by atomic mass is 10.1. The van der Waals surface area contributed by atoms with Crippen LogP contribution in [0.25, 0.3) is 0 Å². The Morgan fingerprint density at radius 2 is 1.88 bits per heavy atom. The van der Waals surface area contributed by atoms with Crippen molar-refractivity contribution < 1.29 is 9.59 Å². The molecule has 130 valence electrons. The van der Waals surface area contributed by atoms with Crippen molar-refractivity contribution in [1.29, 1.82) is 0 Å². The number of benzene rings is 2. The molecule has 0 spiro atoms. The molecule has 1 saturated heterocycles. The number of halogens is 1. The van der Waals surface area contributed by atoms with Gasteiger partial charge in [-0.2, -0.15) is 0 Å². The molecule has 4 nitrogen and oxygen atoms in total. The highest BCUT2D eigenvalue weighted by Gasteiger charge is 2.20. The van der Waals surface area contributed by atoms with Crippen LogP contribution in [0, 0.1) is 0 Å². The zero-order valence-electron chi connectivity index (χ0n) is 14.2. The third kappa shape index (κ3) is 4.20. The van der Waals surface area contributed by atoms with E-state index in [4.69, 9.17) is 11.6 Å². The maximum atomic E-state index is 12.6. The van der Waals surface area contributed by atoms with Crippen molar-refractivity contribution in [2.75, 3.05) is 13.6 Å². The first-order chi connectivity index (χ1) is 12.0. The fourth-order valence-corrected chi connectivity index (χ4v) is 3.21. The van der Waals surface area contributed by atoms with E-state index in [9.17, 15) is 9.59 Å². The van der Waals surface area contributed by atoms with Gasteiger partial charge in [0, 0.05) is 43.7 Å². The molecule has 1 aliphatic rings. The minimum absolute atomic E-state index is 0.0521. The van der Waals surface area contributed by atoms with E-state index in [-0.39, 0.29) is 11.8 Å². The van der Waals surface area contributed by atoms with Gasteiger partial charge in [0.05, 0.1) is 0 Å². The lowest BCUT2D eigenvalue weighted by molar-refractivity contribution is -0.128. The number of carbonyl (C=O) groups excluding carboxylic acids is 2. The third-order valence-electron chi connectivity index (χ3n) is 4.46. The molecule has 0 aromatic heterocycles. The SMILES string of the molecule is CN(Cc1ccccc1Cl)C(=O)c1ccc(CN2CCCC2=O)cc1. The Balaban J connectivity index is 1.64. The summed E-state index contributed by atoms with van der Waals surface area (Å²) in [6, 6.07) is 15.0. The van der Waals surface area contributed by atoms with Crippen LogP contribution < -0.4 is 0 Å². The number of hydrogen-bond donors (Lipinski definition) is 0. The van der Waals surface area contributed by atoms with Gasteiger partial charge in [0.1, 0.15) is 0 Å². The Morgan fingerprint density at radius 1 is 1.16 bits per heavy atom. The largest absolute Gasteiger partial charge is 0.338 e. The molecule has 2 aromatic rings. The normalized spacial score (nSPS) is 14.0. The van der Waals surface area contributed by atoms with Gasteiger partial charge in [-0.15, -0.1) is 0 Å². The topological polar surface area (TPSA) is 40.6 Å². The Kier molecular flexibility index (Phi) is 5.39. The van der Waals surface area contributed by atoms with Gasteiger partial charge in [0.2, 0.25) is 5.91 Å². The molecule has 0 radical (unpaired) electrons. The molecule has 0 aliphatic carbocycles. The summed E-state index contributed by atoms with van der Waals surface area (Å²) in [5, 5.41) is 0.660. The first-order valence-electron chi connectivity index (χ1n) is 8.40. The molecule has 0 bridgehead atoms. The lowest BCUT2D eigenvalue weighted by Gasteiger charge is -2.19. The number of likely N-dealkylation sites (tertiary alicyclic amines) is 1. The van der Waals surface area contributed by atoms with Gasteiger partial charge < -0.3 is 9.80 Å². The quantitative estimate of drug-likeness (QED) is 0.819. The highest BCUT2D eigenvalue weighted by atomic mass is 35.5. The highest BCUT2D eigenvalue weighted by Crippen LogP contribution is 2.18. The molecule has 0 saturated carbocycles. The van der Waals surface area contributed by atoms with Crippen molar-refractivity contribution in [3.8, 4) is 0 Å². The minimum atomic E-state index is -0.0521. The smallest absolute Gasteiger partial charge is 0.253 e. The second-order valence-electron chi connectivity index (χ2n) is 6.37. The maximum absolute atomic E-state index is 12.6. The zero-order chi connectivity index (χ0) is 17.8. The van der Waals surface area contributed by atoms with Gasteiger partial charge in [-0.1, -0.05) is 41.9 Å². The molecular formula is C20H21ClN2O2. The Bertz CT molecular complexity index is 774. The lowest BCUT2D eigenvalue weighted by Crippen LogP contribution is -2.26. The molecule has 0 unspecified atom stereocenters. The molecule has 2 aromatic carbocycles. The van der Waals surface area contributed by atoms with E-state index in [2.05, 4.69) is 0 Å². The van der Waals surface area contributed by atoms with Crippen LogP contribution in [0.5, 0.6) is 0 Å². The van der Waals surface area contributed by atoms with Gasteiger partial charge in [0.15, 0.2) is 0 Å². The van der Waals surface area contributed by atoms with Crippen LogP contribution in [0.1, 0.15) is 34.3 Å². The van der Waals surface area contributed by atoms with Crippen LogP contribution in [-0.4, -0.2) is 35.2 Å². The van der Waals surface area contributed by atoms with Crippen molar-refractivity contribution in [3.05, 3.63) is 70.2 Å². The summed E-state index contributed by atoms with van der Waals surface area (Å²) < 4.78 is 0. The molecule has 1 heterocycles. The average molecular weight is 357 g/mol. The first-order valence-corrected chi connectivity index (χ1v) is 8.78. The van der Waals surface area contributed by atoms with Crippen molar-refractivity contribution in [2.45, 2.75) is 25.9 Å². The summed E-state index contributed by atoms with van der Waals surface area (Å²) >= 11 is 6.16. The van der Waals surface area contributed by atoms with Crippen molar-refractivity contribution in [3.63, 3.8) is 0 Å². The van der Waals surface area contributed by atoms with E-state index in [1.807, 2.05) is 53.4 Å². The van der Waals surface area contributed by atoms with E-state index >= 15 is 0 Å². The standard InChI is InChI=1S/C20H21ClN2O2/c1-22(14-17-5-2-3-6-18(17)21)20(25)16-10-8-15(9-11-16)13-23-12-4-7-19(23)24/h2-3,5-6,8-11H,4,7,12-14H2,1H3. The van der Waals surface area contributed by atoms with Crippen molar-refractivity contribution >= 4 is 23.4 Å². The second kappa shape index (κ2) is 7.70. The van der Waals surface area contributed by atoms with Crippen LogP contribution in [-0.2, 0) is 17.9 Å². The Labute approximate surface area is 153 Å².